The van der Waals surface area contributed by atoms with Gasteiger partial charge in [0.2, 0.25) is 0 Å². The fraction of sp³-hybridized carbons (Fsp3) is 0.263. The quantitative estimate of drug-likeness (QED) is 0.923. The van der Waals surface area contributed by atoms with Crippen molar-refractivity contribution in [3.05, 3.63) is 52.6 Å². The highest BCUT2D eigenvalue weighted by atomic mass is 16.5. The van der Waals surface area contributed by atoms with Gasteiger partial charge >= 0.3 is 0 Å². The van der Waals surface area contributed by atoms with E-state index in [-0.39, 0.29) is 18.4 Å². The topological polar surface area (TPSA) is 58.6 Å². The van der Waals surface area contributed by atoms with Gasteiger partial charge in [-0.25, -0.2) is 0 Å². The highest BCUT2D eigenvalue weighted by Gasteiger charge is 2.27. The number of nitrogens with one attached hydrogen (secondary N) is 1. The van der Waals surface area contributed by atoms with Gasteiger partial charge in [0, 0.05) is 12.7 Å². The van der Waals surface area contributed by atoms with E-state index >= 15 is 0 Å². The second-order valence-corrected chi connectivity index (χ2v) is 6.12. The average Bonchev–Trinajstić information content (AvgIpc) is 2.53. The second-order valence-electron chi connectivity index (χ2n) is 6.12. The first-order valence-corrected chi connectivity index (χ1v) is 7.80. The molecule has 1 N–H and O–H groups in total. The normalized spacial score (nSPS) is 13.3. The van der Waals surface area contributed by atoms with E-state index in [1.165, 1.54) is 4.90 Å². The molecule has 1 aliphatic heterocycles. The van der Waals surface area contributed by atoms with Crippen LogP contribution >= 0.6 is 0 Å². The Bertz CT molecular complexity index is 819. The molecule has 0 spiro atoms. The van der Waals surface area contributed by atoms with Crippen molar-refractivity contribution in [2.45, 2.75) is 20.8 Å². The molecular weight excluding hydrogens is 304 g/mol. The van der Waals surface area contributed by atoms with E-state index in [1.54, 1.807) is 25.2 Å². The van der Waals surface area contributed by atoms with Crippen LogP contribution in [0.2, 0.25) is 0 Å². The molecule has 0 atom stereocenters. The van der Waals surface area contributed by atoms with E-state index in [0.717, 1.165) is 22.4 Å². The standard InChI is InChI=1S/C19H20N2O3/c1-11-8-12(2)17(13(3)9-11)20-19(23)14-6-5-7-15-18(14)24-10-16(22)21(15)4/h5-9H,10H2,1-4H3,(H,20,23). The molecule has 124 valence electrons. The lowest BCUT2D eigenvalue weighted by Gasteiger charge is -2.27. The monoisotopic (exact) mass is 324 g/mol. The molecule has 2 aromatic rings. The number of carbonyl (C=O) groups excluding carboxylic acids is 2. The van der Waals surface area contributed by atoms with Crippen LogP contribution in [0.5, 0.6) is 5.75 Å². The van der Waals surface area contributed by atoms with Gasteiger partial charge in [0.15, 0.2) is 12.4 Å². The summed E-state index contributed by atoms with van der Waals surface area (Å²) in [4.78, 5) is 26.0. The van der Waals surface area contributed by atoms with Crippen LogP contribution in [0, 0.1) is 20.8 Å². The molecule has 0 bridgehead atoms. The Morgan fingerprint density at radius 3 is 2.50 bits per heavy atom. The van der Waals surface area contributed by atoms with Crippen LogP contribution in [0.1, 0.15) is 27.0 Å². The maximum absolute atomic E-state index is 12.8. The van der Waals surface area contributed by atoms with Crippen molar-refractivity contribution in [2.24, 2.45) is 0 Å². The van der Waals surface area contributed by atoms with Crippen molar-refractivity contribution >= 4 is 23.2 Å². The summed E-state index contributed by atoms with van der Waals surface area (Å²) in [5.41, 5.74) is 5.02. The van der Waals surface area contributed by atoms with Crippen LogP contribution in [0.4, 0.5) is 11.4 Å². The Balaban J connectivity index is 1.97. The fourth-order valence-corrected chi connectivity index (χ4v) is 3.04. The SMILES string of the molecule is Cc1cc(C)c(NC(=O)c2cccc3c2OCC(=O)N3C)c(C)c1. The number of nitrogens with zero attached hydrogens (tertiary/aromatic N) is 1. The minimum Gasteiger partial charge on any atom is -0.481 e. The van der Waals surface area contributed by atoms with Crippen LogP contribution in [0.15, 0.2) is 30.3 Å². The zero-order valence-corrected chi connectivity index (χ0v) is 14.3. The Morgan fingerprint density at radius 2 is 1.83 bits per heavy atom. The van der Waals surface area contributed by atoms with Crippen LogP contribution in [0.25, 0.3) is 0 Å². The molecule has 0 aliphatic carbocycles. The Labute approximate surface area is 141 Å². The molecule has 0 saturated heterocycles. The molecule has 0 aromatic heterocycles. The number of aryl methyl sites for hydroxylation is 3. The predicted molar refractivity (Wildman–Crippen MR) is 94.0 cm³/mol. The maximum Gasteiger partial charge on any atom is 0.264 e. The highest BCUT2D eigenvalue weighted by molar-refractivity contribution is 6.10. The van der Waals surface area contributed by atoms with Crippen molar-refractivity contribution in [1.82, 2.24) is 0 Å². The summed E-state index contributed by atoms with van der Waals surface area (Å²) in [6.07, 6.45) is 0. The smallest absolute Gasteiger partial charge is 0.264 e. The van der Waals surface area contributed by atoms with Gasteiger partial charge in [0.1, 0.15) is 0 Å². The molecule has 0 fully saturated rings. The third kappa shape index (κ3) is 2.73. The van der Waals surface area contributed by atoms with E-state index in [2.05, 4.69) is 5.32 Å². The van der Waals surface area contributed by atoms with Gasteiger partial charge in [-0.3, -0.25) is 9.59 Å². The van der Waals surface area contributed by atoms with Crippen molar-refractivity contribution in [3.8, 4) is 5.75 Å². The largest absolute Gasteiger partial charge is 0.481 e. The van der Waals surface area contributed by atoms with Gasteiger partial charge in [-0.05, 0) is 44.0 Å². The van der Waals surface area contributed by atoms with Gasteiger partial charge in [-0.1, -0.05) is 23.8 Å². The summed E-state index contributed by atoms with van der Waals surface area (Å²) in [5, 5.41) is 2.98. The molecular formula is C19H20N2O3. The van der Waals surface area contributed by atoms with Crippen LogP contribution in [-0.2, 0) is 4.79 Å². The van der Waals surface area contributed by atoms with Gasteiger partial charge in [0.25, 0.3) is 11.8 Å². The maximum atomic E-state index is 12.8. The summed E-state index contributed by atoms with van der Waals surface area (Å²) in [6.45, 7) is 5.91. The van der Waals surface area contributed by atoms with Gasteiger partial charge in [-0.2, -0.15) is 0 Å². The molecule has 3 rings (SSSR count). The lowest BCUT2D eigenvalue weighted by Crippen LogP contribution is -2.36. The summed E-state index contributed by atoms with van der Waals surface area (Å²) in [5.74, 6) is 0.0643. The van der Waals surface area contributed by atoms with Crippen molar-refractivity contribution in [3.63, 3.8) is 0 Å². The van der Waals surface area contributed by atoms with E-state index in [9.17, 15) is 9.59 Å². The molecule has 1 heterocycles. The zero-order valence-electron chi connectivity index (χ0n) is 14.3. The van der Waals surface area contributed by atoms with E-state index in [4.69, 9.17) is 4.74 Å². The minimum atomic E-state index is -0.246. The molecule has 5 nitrogen and oxygen atoms in total. The Morgan fingerprint density at radius 1 is 1.17 bits per heavy atom. The first-order chi connectivity index (χ1) is 11.4. The van der Waals surface area contributed by atoms with Crippen LogP contribution in [0.3, 0.4) is 0 Å². The van der Waals surface area contributed by atoms with Gasteiger partial charge in [0.05, 0.1) is 11.3 Å². The van der Waals surface area contributed by atoms with Crippen molar-refractivity contribution < 1.29 is 14.3 Å². The number of benzene rings is 2. The lowest BCUT2D eigenvalue weighted by molar-refractivity contribution is -0.121. The number of rotatable bonds is 2. The first-order valence-electron chi connectivity index (χ1n) is 7.80. The number of amides is 2. The number of hydrogen-bond acceptors (Lipinski definition) is 3. The third-order valence-corrected chi connectivity index (χ3v) is 4.23. The molecule has 2 aromatic carbocycles. The summed E-state index contributed by atoms with van der Waals surface area (Å²) in [7, 11) is 1.68. The van der Waals surface area contributed by atoms with Crippen molar-refractivity contribution in [2.75, 3.05) is 23.9 Å². The second kappa shape index (κ2) is 6.00. The number of fused-ring (bicyclic) bond motifs is 1. The minimum absolute atomic E-state index is 0.0591. The number of carbonyl (C=O) groups is 2. The number of likely N-dealkylation sites (N-methyl/N-ethyl adjacent to an activating group) is 1. The third-order valence-electron chi connectivity index (χ3n) is 4.23. The number of anilines is 2. The molecule has 0 saturated carbocycles. The zero-order chi connectivity index (χ0) is 17.4. The number of hydrogen-bond donors (Lipinski definition) is 1. The molecule has 0 unspecified atom stereocenters. The first kappa shape index (κ1) is 16.1. The molecule has 5 heteroatoms. The molecule has 0 radical (unpaired) electrons. The van der Waals surface area contributed by atoms with Gasteiger partial charge in [-0.15, -0.1) is 0 Å². The lowest BCUT2D eigenvalue weighted by atomic mass is 10.0. The predicted octanol–water partition coefficient (Wildman–Crippen LogP) is 3.22. The number of ether oxygens (including phenoxy) is 1. The van der Waals surface area contributed by atoms with E-state index in [0.29, 0.717) is 17.0 Å². The van der Waals surface area contributed by atoms with Gasteiger partial charge < -0.3 is 15.0 Å². The summed E-state index contributed by atoms with van der Waals surface area (Å²) in [6, 6.07) is 9.29. The van der Waals surface area contributed by atoms with Crippen molar-refractivity contribution in [1.29, 1.82) is 0 Å². The van der Waals surface area contributed by atoms with Crippen LogP contribution in [-0.4, -0.2) is 25.5 Å². The number of para-hydroxylation sites is 1. The fourth-order valence-electron chi connectivity index (χ4n) is 3.04. The average molecular weight is 324 g/mol. The molecule has 24 heavy (non-hydrogen) atoms. The van der Waals surface area contributed by atoms with E-state index < -0.39 is 0 Å². The van der Waals surface area contributed by atoms with Crippen LogP contribution < -0.4 is 15.0 Å². The highest BCUT2D eigenvalue weighted by Crippen LogP contribution is 2.35. The Kier molecular flexibility index (Phi) is 4.01. The molecule has 1 aliphatic rings. The van der Waals surface area contributed by atoms with E-state index in [1.807, 2.05) is 32.9 Å². The summed E-state index contributed by atoms with van der Waals surface area (Å²) < 4.78 is 5.52. The summed E-state index contributed by atoms with van der Waals surface area (Å²) >= 11 is 0. The molecule has 2 amide bonds. The Hall–Kier alpha value is -2.82.